The maximum Gasteiger partial charge on any atom is 0.239 e. The molecule has 5 nitrogen and oxygen atoms in total. The molecule has 0 spiro atoms. The third-order valence-electron chi connectivity index (χ3n) is 4.50. The van der Waals surface area contributed by atoms with Crippen molar-refractivity contribution in [3.63, 3.8) is 0 Å². The molecule has 23 heavy (non-hydrogen) atoms. The summed E-state index contributed by atoms with van der Waals surface area (Å²) in [4.78, 5) is 28.4. The molecule has 3 rings (SSSR count). The molecule has 126 valence electrons. The standard InChI is InChI=1S/C17H23N3O2.ClH/c21-16(13-14-5-2-1-3-6-14)19-9-11-20(12-10-19)17(22)15-7-4-8-18-15;/h1-3,5-6,15,18H,4,7-13H2;1H. The molecule has 2 amide bonds. The van der Waals surface area contributed by atoms with Gasteiger partial charge in [0.2, 0.25) is 11.8 Å². The van der Waals surface area contributed by atoms with E-state index >= 15 is 0 Å². The van der Waals surface area contributed by atoms with E-state index in [-0.39, 0.29) is 30.3 Å². The van der Waals surface area contributed by atoms with Crippen LogP contribution in [0.2, 0.25) is 0 Å². The second kappa shape index (κ2) is 8.31. The first-order valence-electron chi connectivity index (χ1n) is 8.08. The zero-order valence-corrected chi connectivity index (χ0v) is 14.1. The van der Waals surface area contributed by atoms with Gasteiger partial charge >= 0.3 is 0 Å². The Morgan fingerprint density at radius 1 is 1.04 bits per heavy atom. The van der Waals surface area contributed by atoms with E-state index in [0.29, 0.717) is 32.6 Å². The molecule has 1 aromatic carbocycles. The highest BCUT2D eigenvalue weighted by Crippen LogP contribution is 2.12. The quantitative estimate of drug-likeness (QED) is 0.897. The van der Waals surface area contributed by atoms with Crippen molar-refractivity contribution in [1.29, 1.82) is 0 Å². The Hall–Kier alpha value is -1.59. The molecule has 0 aromatic heterocycles. The van der Waals surface area contributed by atoms with Gasteiger partial charge in [-0.05, 0) is 24.9 Å². The van der Waals surface area contributed by atoms with Gasteiger partial charge in [-0.1, -0.05) is 30.3 Å². The second-order valence-electron chi connectivity index (χ2n) is 6.02. The molecule has 2 aliphatic rings. The largest absolute Gasteiger partial charge is 0.339 e. The van der Waals surface area contributed by atoms with Crippen molar-refractivity contribution >= 4 is 24.2 Å². The summed E-state index contributed by atoms with van der Waals surface area (Å²) in [6.07, 6.45) is 2.46. The number of nitrogens with one attached hydrogen (secondary N) is 1. The molecule has 2 aliphatic heterocycles. The van der Waals surface area contributed by atoms with Gasteiger partial charge in [0.05, 0.1) is 12.5 Å². The summed E-state index contributed by atoms with van der Waals surface area (Å²) >= 11 is 0. The van der Waals surface area contributed by atoms with E-state index in [2.05, 4.69) is 5.32 Å². The number of piperazine rings is 1. The van der Waals surface area contributed by atoms with Gasteiger partial charge in [-0.2, -0.15) is 0 Å². The molecule has 2 saturated heterocycles. The van der Waals surface area contributed by atoms with Crippen molar-refractivity contribution in [3.8, 4) is 0 Å². The van der Waals surface area contributed by atoms with Crippen LogP contribution in [0.4, 0.5) is 0 Å². The molecule has 1 N–H and O–H groups in total. The second-order valence-corrected chi connectivity index (χ2v) is 6.02. The zero-order chi connectivity index (χ0) is 15.4. The fraction of sp³-hybridized carbons (Fsp3) is 0.529. The maximum atomic E-state index is 12.3. The van der Waals surface area contributed by atoms with E-state index in [1.807, 2.05) is 40.1 Å². The Morgan fingerprint density at radius 2 is 1.70 bits per heavy atom. The van der Waals surface area contributed by atoms with Crippen LogP contribution < -0.4 is 5.32 Å². The molecule has 6 heteroatoms. The van der Waals surface area contributed by atoms with Crippen molar-refractivity contribution in [2.75, 3.05) is 32.7 Å². The van der Waals surface area contributed by atoms with Gasteiger partial charge in [0, 0.05) is 26.2 Å². The van der Waals surface area contributed by atoms with Crippen LogP contribution in [0, 0.1) is 0 Å². The SMILES string of the molecule is Cl.O=C(Cc1ccccc1)N1CCN(C(=O)C2CCCN2)CC1. The maximum absolute atomic E-state index is 12.3. The fourth-order valence-corrected chi connectivity index (χ4v) is 3.17. The Labute approximate surface area is 143 Å². The van der Waals surface area contributed by atoms with E-state index in [4.69, 9.17) is 0 Å². The third-order valence-corrected chi connectivity index (χ3v) is 4.50. The number of nitrogens with zero attached hydrogens (tertiary/aromatic N) is 2. The van der Waals surface area contributed by atoms with Crippen LogP contribution in [-0.4, -0.2) is 60.4 Å². The minimum atomic E-state index is -0.00781. The van der Waals surface area contributed by atoms with Crippen molar-refractivity contribution in [2.45, 2.75) is 25.3 Å². The normalized spacial score (nSPS) is 21.0. The summed E-state index contributed by atoms with van der Waals surface area (Å²) in [5.74, 6) is 0.352. The van der Waals surface area contributed by atoms with Gasteiger partial charge in [0.25, 0.3) is 0 Å². The van der Waals surface area contributed by atoms with Crippen LogP contribution in [0.3, 0.4) is 0 Å². The van der Waals surface area contributed by atoms with E-state index in [0.717, 1.165) is 24.9 Å². The van der Waals surface area contributed by atoms with Gasteiger partial charge in [-0.3, -0.25) is 9.59 Å². The molecule has 0 aliphatic carbocycles. The molecular formula is C17H24ClN3O2. The van der Waals surface area contributed by atoms with Crippen LogP contribution >= 0.6 is 12.4 Å². The van der Waals surface area contributed by atoms with E-state index in [1.165, 1.54) is 0 Å². The number of amides is 2. The molecule has 1 atom stereocenters. The molecule has 2 fully saturated rings. The fourth-order valence-electron chi connectivity index (χ4n) is 3.17. The number of carbonyl (C=O) groups excluding carboxylic acids is 2. The van der Waals surface area contributed by atoms with Crippen LogP contribution in [0.15, 0.2) is 30.3 Å². The predicted molar refractivity (Wildman–Crippen MR) is 91.6 cm³/mol. The molecular weight excluding hydrogens is 314 g/mol. The monoisotopic (exact) mass is 337 g/mol. The molecule has 2 heterocycles. The lowest BCUT2D eigenvalue weighted by molar-refractivity contribution is -0.140. The van der Waals surface area contributed by atoms with E-state index in [1.54, 1.807) is 0 Å². The van der Waals surface area contributed by atoms with Crippen molar-refractivity contribution in [3.05, 3.63) is 35.9 Å². The van der Waals surface area contributed by atoms with Crippen LogP contribution in [0.25, 0.3) is 0 Å². The topological polar surface area (TPSA) is 52.7 Å². The summed E-state index contributed by atoms with van der Waals surface area (Å²) in [7, 11) is 0. The Balaban J connectivity index is 0.00000192. The van der Waals surface area contributed by atoms with Gasteiger partial charge in [-0.15, -0.1) is 12.4 Å². The first kappa shape index (κ1) is 17.8. The molecule has 0 bridgehead atoms. The van der Waals surface area contributed by atoms with Crippen molar-refractivity contribution in [2.24, 2.45) is 0 Å². The smallest absolute Gasteiger partial charge is 0.239 e. The van der Waals surface area contributed by atoms with Crippen LogP contribution in [0.5, 0.6) is 0 Å². The number of benzene rings is 1. The lowest BCUT2D eigenvalue weighted by Crippen LogP contribution is -2.54. The highest BCUT2D eigenvalue weighted by Gasteiger charge is 2.30. The number of rotatable bonds is 3. The summed E-state index contributed by atoms with van der Waals surface area (Å²) in [6, 6.07) is 9.80. The minimum absolute atomic E-state index is 0. The van der Waals surface area contributed by atoms with Gasteiger partial charge in [0.1, 0.15) is 0 Å². The number of halogens is 1. The molecule has 0 saturated carbocycles. The first-order chi connectivity index (χ1) is 10.7. The number of carbonyl (C=O) groups is 2. The van der Waals surface area contributed by atoms with Gasteiger partial charge < -0.3 is 15.1 Å². The van der Waals surface area contributed by atoms with Crippen molar-refractivity contribution in [1.82, 2.24) is 15.1 Å². The summed E-state index contributed by atoms with van der Waals surface area (Å²) in [5, 5.41) is 3.25. The predicted octanol–water partition coefficient (Wildman–Crippen LogP) is 1.07. The Kier molecular flexibility index (Phi) is 6.42. The van der Waals surface area contributed by atoms with Gasteiger partial charge in [-0.25, -0.2) is 0 Å². The lowest BCUT2D eigenvalue weighted by Gasteiger charge is -2.36. The van der Waals surface area contributed by atoms with Crippen LogP contribution in [0.1, 0.15) is 18.4 Å². The first-order valence-corrected chi connectivity index (χ1v) is 8.08. The highest BCUT2D eigenvalue weighted by molar-refractivity contribution is 5.85. The van der Waals surface area contributed by atoms with E-state index in [9.17, 15) is 9.59 Å². The summed E-state index contributed by atoms with van der Waals surface area (Å²) in [6.45, 7) is 3.52. The van der Waals surface area contributed by atoms with Crippen LogP contribution in [-0.2, 0) is 16.0 Å². The Morgan fingerprint density at radius 3 is 2.30 bits per heavy atom. The Bertz CT molecular complexity index is 524. The zero-order valence-electron chi connectivity index (χ0n) is 13.2. The number of hydrogen-bond acceptors (Lipinski definition) is 3. The lowest BCUT2D eigenvalue weighted by atomic mass is 10.1. The van der Waals surface area contributed by atoms with Crippen molar-refractivity contribution < 1.29 is 9.59 Å². The average Bonchev–Trinajstić information content (AvgIpc) is 3.10. The highest BCUT2D eigenvalue weighted by atomic mass is 35.5. The minimum Gasteiger partial charge on any atom is -0.339 e. The molecule has 1 unspecified atom stereocenters. The van der Waals surface area contributed by atoms with Gasteiger partial charge in [0.15, 0.2) is 0 Å². The summed E-state index contributed by atoms with van der Waals surface area (Å²) in [5.41, 5.74) is 1.04. The van der Waals surface area contributed by atoms with E-state index < -0.39 is 0 Å². The number of hydrogen-bond donors (Lipinski definition) is 1. The third kappa shape index (κ3) is 4.45. The molecule has 1 aromatic rings. The molecule has 0 radical (unpaired) electrons. The summed E-state index contributed by atoms with van der Waals surface area (Å²) < 4.78 is 0. The average molecular weight is 338 g/mol.